The molecule has 1 heterocycles. The number of carbonyl (C=O) groups is 1. The minimum absolute atomic E-state index is 0.0354. The van der Waals surface area contributed by atoms with Crippen molar-refractivity contribution in [3.8, 4) is 12.3 Å². The number of nitrogens with one attached hydrogen (secondary N) is 1. The Morgan fingerprint density at radius 3 is 2.53 bits per heavy atom. The molecule has 1 aliphatic heterocycles. The summed E-state index contributed by atoms with van der Waals surface area (Å²) in [4.78, 5) is 16.7. The molecule has 30 heavy (non-hydrogen) atoms. The molecule has 1 N–H and O–H groups in total. The molecular formula is C23H24F3N3O. The monoisotopic (exact) mass is 415 g/mol. The van der Waals surface area contributed by atoms with Gasteiger partial charge in [-0.3, -0.25) is 9.69 Å². The summed E-state index contributed by atoms with van der Waals surface area (Å²) in [5, 5.41) is 2.65. The lowest BCUT2D eigenvalue weighted by molar-refractivity contribution is -0.138. The second-order valence-corrected chi connectivity index (χ2v) is 7.48. The van der Waals surface area contributed by atoms with Gasteiger partial charge in [0.05, 0.1) is 5.56 Å². The number of carbonyl (C=O) groups excluding carboxylic acids is 1. The van der Waals surface area contributed by atoms with E-state index in [0.29, 0.717) is 25.2 Å². The maximum absolute atomic E-state index is 13.7. The molecule has 0 atom stereocenters. The van der Waals surface area contributed by atoms with Gasteiger partial charge in [0.15, 0.2) is 0 Å². The zero-order chi connectivity index (χ0) is 21.7. The predicted octanol–water partition coefficient (Wildman–Crippen LogP) is 3.88. The fourth-order valence-electron chi connectivity index (χ4n) is 3.45. The van der Waals surface area contributed by atoms with Gasteiger partial charge in [0.1, 0.15) is 0 Å². The molecule has 7 heteroatoms. The van der Waals surface area contributed by atoms with Crippen molar-refractivity contribution in [2.24, 2.45) is 0 Å². The van der Waals surface area contributed by atoms with E-state index in [0.717, 1.165) is 24.7 Å². The van der Waals surface area contributed by atoms with Gasteiger partial charge in [0.25, 0.3) is 5.91 Å². The molecule has 1 fully saturated rings. The molecule has 0 bridgehead atoms. The molecule has 0 saturated carbocycles. The van der Waals surface area contributed by atoms with Crippen molar-refractivity contribution < 1.29 is 18.0 Å². The predicted molar refractivity (Wildman–Crippen MR) is 111 cm³/mol. The molecule has 3 rings (SSSR count). The lowest BCUT2D eigenvalue weighted by Crippen LogP contribution is -2.44. The van der Waals surface area contributed by atoms with E-state index in [-0.39, 0.29) is 17.7 Å². The summed E-state index contributed by atoms with van der Waals surface area (Å²) < 4.78 is 41.1. The van der Waals surface area contributed by atoms with Crippen LogP contribution in [0.3, 0.4) is 0 Å². The molecule has 4 nitrogen and oxygen atoms in total. The first-order chi connectivity index (χ1) is 14.3. The van der Waals surface area contributed by atoms with Crippen LogP contribution >= 0.6 is 0 Å². The van der Waals surface area contributed by atoms with E-state index in [2.05, 4.69) is 16.1 Å². The van der Waals surface area contributed by atoms with Gasteiger partial charge in [-0.15, -0.1) is 12.3 Å². The summed E-state index contributed by atoms with van der Waals surface area (Å²) in [5.41, 5.74) is 0.707. The highest BCUT2D eigenvalue weighted by molar-refractivity contribution is 6.04. The number of terminal acetylenes is 1. The van der Waals surface area contributed by atoms with Gasteiger partial charge in [0.2, 0.25) is 0 Å². The Hall–Kier alpha value is -2.82. The van der Waals surface area contributed by atoms with Gasteiger partial charge in [-0.1, -0.05) is 18.2 Å². The Balaban J connectivity index is 1.79. The van der Waals surface area contributed by atoms with E-state index >= 15 is 0 Å². The average Bonchev–Trinajstić information content (AvgIpc) is 2.70. The molecule has 1 amide bonds. The number of anilines is 1. The smallest absolute Gasteiger partial charge is 0.322 e. The first-order valence-electron chi connectivity index (χ1n) is 9.71. The Kier molecular flexibility index (Phi) is 6.80. The molecule has 0 radical (unpaired) electrons. The molecule has 0 aromatic heterocycles. The number of rotatable bonds is 5. The third-order valence-corrected chi connectivity index (χ3v) is 5.16. The standard InChI is InChI=1S/C23H24F3N3O/c1-3-5-17-6-4-7-20(14-17)27-22(30)18-8-9-19(21(15-18)23(24,25)26)16-29-12-10-28(2)11-13-29/h1,4,6-9,14-15H,5,10-13,16H2,2H3,(H,27,30). The van der Waals surface area contributed by atoms with Crippen LogP contribution in [0.1, 0.15) is 27.0 Å². The van der Waals surface area contributed by atoms with Crippen LogP contribution in [0, 0.1) is 12.3 Å². The summed E-state index contributed by atoms with van der Waals surface area (Å²) >= 11 is 0. The minimum atomic E-state index is -4.54. The number of amides is 1. The van der Waals surface area contributed by atoms with Gasteiger partial charge in [0, 0.05) is 50.4 Å². The summed E-state index contributed by atoms with van der Waals surface area (Å²) in [5.74, 6) is 1.92. The van der Waals surface area contributed by atoms with Crippen LogP contribution in [0.2, 0.25) is 0 Å². The molecule has 1 saturated heterocycles. The largest absolute Gasteiger partial charge is 0.416 e. The van der Waals surface area contributed by atoms with E-state index in [1.165, 1.54) is 12.1 Å². The summed E-state index contributed by atoms with van der Waals surface area (Å²) in [6.07, 6.45) is 1.17. The normalized spacial score (nSPS) is 15.6. The Bertz CT molecular complexity index is 941. The van der Waals surface area contributed by atoms with Gasteiger partial charge in [-0.2, -0.15) is 13.2 Å². The second kappa shape index (κ2) is 9.33. The first kappa shape index (κ1) is 21.9. The Labute approximate surface area is 174 Å². The fraction of sp³-hybridized carbons (Fsp3) is 0.348. The van der Waals surface area contributed by atoms with Crippen molar-refractivity contribution in [2.75, 3.05) is 38.5 Å². The van der Waals surface area contributed by atoms with Crippen LogP contribution in [0.4, 0.5) is 18.9 Å². The highest BCUT2D eigenvalue weighted by atomic mass is 19.4. The third kappa shape index (κ3) is 5.62. The zero-order valence-corrected chi connectivity index (χ0v) is 16.8. The fourth-order valence-corrected chi connectivity index (χ4v) is 3.45. The van der Waals surface area contributed by atoms with Crippen molar-refractivity contribution >= 4 is 11.6 Å². The number of hydrogen-bond donors (Lipinski definition) is 1. The lowest BCUT2D eigenvalue weighted by Gasteiger charge is -2.33. The molecule has 2 aromatic carbocycles. The maximum Gasteiger partial charge on any atom is 0.416 e. The minimum Gasteiger partial charge on any atom is -0.322 e. The topological polar surface area (TPSA) is 35.6 Å². The Morgan fingerprint density at radius 1 is 1.13 bits per heavy atom. The SMILES string of the molecule is C#CCc1cccc(NC(=O)c2ccc(CN3CCN(C)CC3)c(C(F)(F)F)c2)c1. The molecular weight excluding hydrogens is 391 g/mol. The van der Waals surface area contributed by atoms with Crippen molar-refractivity contribution in [2.45, 2.75) is 19.1 Å². The molecule has 158 valence electrons. The number of alkyl halides is 3. The summed E-state index contributed by atoms with van der Waals surface area (Å²) in [7, 11) is 1.99. The number of halogens is 3. The zero-order valence-electron chi connectivity index (χ0n) is 16.8. The van der Waals surface area contributed by atoms with E-state index < -0.39 is 17.6 Å². The third-order valence-electron chi connectivity index (χ3n) is 5.16. The summed E-state index contributed by atoms with van der Waals surface area (Å²) in [6, 6.07) is 10.7. The first-order valence-corrected chi connectivity index (χ1v) is 9.71. The second-order valence-electron chi connectivity index (χ2n) is 7.48. The van der Waals surface area contributed by atoms with Crippen molar-refractivity contribution in [1.29, 1.82) is 0 Å². The highest BCUT2D eigenvalue weighted by Crippen LogP contribution is 2.33. The van der Waals surface area contributed by atoms with Gasteiger partial charge in [-0.25, -0.2) is 0 Å². The van der Waals surface area contributed by atoms with E-state index in [1.807, 2.05) is 18.0 Å². The molecule has 0 spiro atoms. The van der Waals surface area contributed by atoms with Crippen LogP contribution in [0.5, 0.6) is 0 Å². The maximum atomic E-state index is 13.7. The van der Waals surface area contributed by atoms with E-state index in [9.17, 15) is 18.0 Å². The van der Waals surface area contributed by atoms with Crippen molar-refractivity contribution in [3.05, 3.63) is 64.7 Å². The molecule has 1 aliphatic rings. The van der Waals surface area contributed by atoms with E-state index in [1.54, 1.807) is 18.2 Å². The van der Waals surface area contributed by atoms with E-state index in [4.69, 9.17) is 6.42 Å². The van der Waals surface area contributed by atoms with Gasteiger partial charge in [-0.05, 0) is 42.4 Å². The number of likely N-dealkylation sites (N-methyl/N-ethyl adjacent to an activating group) is 1. The van der Waals surface area contributed by atoms with Crippen LogP contribution < -0.4 is 5.32 Å². The highest BCUT2D eigenvalue weighted by Gasteiger charge is 2.34. The van der Waals surface area contributed by atoms with Crippen molar-refractivity contribution in [1.82, 2.24) is 9.80 Å². The number of benzene rings is 2. The lowest BCUT2D eigenvalue weighted by atomic mass is 10.0. The molecule has 0 unspecified atom stereocenters. The van der Waals surface area contributed by atoms with Crippen molar-refractivity contribution in [3.63, 3.8) is 0 Å². The van der Waals surface area contributed by atoms with Gasteiger partial charge < -0.3 is 10.2 Å². The van der Waals surface area contributed by atoms with Crippen LogP contribution in [0.15, 0.2) is 42.5 Å². The number of piperazine rings is 1. The van der Waals surface area contributed by atoms with Gasteiger partial charge >= 0.3 is 6.18 Å². The van der Waals surface area contributed by atoms with Crippen LogP contribution in [-0.2, 0) is 19.1 Å². The van der Waals surface area contributed by atoms with Crippen LogP contribution in [-0.4, -0.2) is 48.9 Å². The summed E-state index contributed by atoms with van der Waals surface area (Å²) in [6.45, 7) is 3.27. The molecule has 2 aromatic rings. The molecule has 0 aliphatic carbocycles. The van der Waals surface area contributed by atoms with Crippen LogP contribution in [0.25, 0.3) is 0 Å². The number of nitrogens with zero attached hydrogens (tertiary/aromatic N) is 2. The number of hydrogen-bond acceptors (Lipinski definition) is 3. The average molecular weight is 415 g/mol. The quantitative estimate of drug-likeness (QED) is 0.753. The Morgan fingerprint density at radius 2 is 1.87 bits per heavy atom.